The van der Waals surface area contributed by atoms with E-state index in [4.69, 9.17) is 0 Å². The zero-order valence-corrected chi connectivity index (χ0v) is 23.6. The minimum atomic E-state index is -2.91. The van der Waals surface area contributed by atoms with E-state index in [0.29, 0.717) is 0 Å². The predicted molar refractivity (Wildman–Crippen MR) is 173 cm³/mol. The lowest BCUT2D eigenvalue weighted by atomic mass is 9.89. The summed E-state index contributed by atoms with van der Waals surface area (Å²) in [6.45, 7) is 0. The molecule has 6 aromatic rings. The molecule has 0 saturated heterocycles. The topological polar surface area (TPSA) is 25.8 Å². The maximum atomic E-state index is 4.43. The second-order valence-corrected chi connectivity index (χ2v) is 13.8. The number of allylic oxidation sites excluding steroid dienone is 2. The monoisotopic (exact) mass is 540 g/mol. The Morgan fingerprint density at radius 1 is 0.317 bits per heavy atom. The average Bonchev–Trinajstić information content (AvgIpc) is 3.40. The van der Waals surface area contributed by atoms with Gasteiger partial charge in [-0.1, -0.05) is 121 Å². The maximum Gasteiger partial charge on any atom is 0.182 e. The summed E-state index contributed by atoms with van der Waals surface area (Å²) >= 11 is 0. The summed E-state index contributed by atoms with van der Waals surface area (Å²) in [6, 6.07) is 52.8. The molecule has 3 heterocycles. The van der Waals surface area contributed by atoms with Crippen LogP contribution < -0.4 is 10.4 Å². The van der Waals surface area contributed by atoms with Crippen molar-refractivity contribution in [2.75, 3.05) is 0 Å². The van der Waals surface area contributed by atoms with E-state index in [2.05, 4.69) is 156 Å². The first kappa shape index (κ1) is 24.9. The predicted octanol–water partition coefficient (Wildman–Crippen LogP) is 7.35. The molecule has 0 aliphatic carbocycles. The molecule has 0 atom stereocenters. The minimum Gasteiger partial charge on any atom is -0.265 e. The minimum absolute atomic E-state index is 1.20. The molecule has 1 aliphatic heterocycles. The van der Waals surface area contributed by atoms with Crippen LogP contribution in [0.15, 0.2) is 170 Å². The fourth-order valence-corrected chi connectivity index (χ4v) is 12.0. The van der Waals surface area contributed by atoms with Crippen molar-refractivity contribution >= 4 is 40.0 Å². The molecule has 0 amide bonds. The number of hydrogen-bond donors (Lipinski definition) is 0. The van der Waals surface area contributed by atoms with Gasteiger partial charge in [0.05, 0.1) is 0 Å². The van der Waals surface area contributed by atoms with Crippen LogP contribution in [0.5, 0.6) is 0 Å². The van der Waals surface area contributed by atoms with Crippen molar-refractivity contribution in [2.45, 2.75) is 0 Å². The second kappa shape index (κ2) is 10.8. The average molecular weight is 541 g/mol. The van der Waals surface area contributed by atoms with Crippen molar-refractivity contribution in [2.24, 2.45) is 0 Å². The van der Waals surface area contributed by atoms with Gasteiger partial charge in [-0.2, -0.15) is 0 Å². The van der Waals surface area contributed by atoms with E-state index in [1.54, 1.807) is 0 Å². The first-order valence-electron chi connectivity index (χ1n) is 13.9. The van der Waals surface area contributed by atoms with Crippen molar-refractivity contribution in [3.8, 4) is 0 Å². The summed E-state index contributed by atoms with van der Waals surface area (Å²) in [5.74, 6) is 0. The van der Waals surface area contributed by atoms with E-state index in [1.165, 1.54) is 54.2 Å². The molecular formula is C38H28N2Si. The Labute approximate surface area is 242 Å². The van der Waals surface area contributed by atoms with Crippen molar-refractivity contribution in [3.05, 3.63) is 193 Å². The van der Waals surface area contributed by atoms with Gasteiger partial charge in [-0.15, -0.1) is 0 Å². The smallest absolute Gasteiger partial charge is 0.182 e. The van der Waals surface area contributed by atoms with Crippen LogP contribution >= 0.6 is 0 Å². The van der Waals surface area contributed by atoms with Crippen molar-refractivity contribution < 1.29 is 0 Å². The largest absolute Gasteiger partial charge is 0.265 e. The number of pyridine rings is 2. The van der Waals surface area contributed by atoms with E-state index in [0.717, 1.165) is 0 Å². The van der Waals surface area contributed by atoms with Crippen LogP contribution in [0.25, 0.3) is 21.5 Å². The van der Waals surface area contributed by atoms with E-state index >= 15 is 0 Å². The molecule has 0 saturated carbocycles. The molecule has 0 spiro atoms. The molecule has 41 heavy (non-hydrogen) atoms. The molecular weight excluding hydrogens is 513 g/mol. The van der Waals surface area contributed by atoms with E-state index < -0.39 is 8.07 Å². The Morgan fingerprint density at radius 2 is 0.634 bits per heavy atom. The van der Waals surface area contributed by atoms with Gasteiger partial charge in [0, 0.05) is 24.8 Å². The maximum absolute atomic E-state index is 4.43. The molecule has 0 N–H and O–H groups in total. The van der Waals surface area contributed by atoms with Gasteiger partial charge in [-0.25, -0.2) is 0 Å². The van der Waals surface area contributed by atoms with Crippen LogP contribution in [0.2, 0.25) is 0 Å². The van der Waals surface area contributed by atoms with E-state index in [-0.39, 0.29) is 0 Å². The van der Waals surface area contributed by atoms with Gasteiger partial charge in [0.25, 0.3) is 0 Å². The Morgan fingerprint density at radius 3 is 0.976 bits per heavy atom. The Hall–Kier alpha value is -5.12. The van der Waals surface area contributed by atoms with E-state index in [1.807, 2.05) is 24.8 Å². The van der Waals surface area contributed by atoms with Gasteiger partial charge in [-0.05, 0) is 78.4 Å². The third kappa shape index (κ3) is 4.19. The first-order chi connectivity index (χ1) is 20.4. The lowest BCUT2D eigenvalue weighted by Crippen LogP contribution is -2.59. The molecule has 0 unspecified atom stereocenters. The zero-order chi connectivity index (χ0) is 27.5. The van der Waals surface area contributed by atoms with Crippen molar-refractivity contribution in [3.63, 3.8) is 0 Å². The molecule has 4 aromatic carbocycles. The SMILES string of the molecule is c1ccc(C2=C(c3ccncc3)[Si](c3ccccc3)(c3ccccc3)C(c3ccncc3)=C2c2ccccc2)cc1. The third-order valence-corrected chi connectivity index (χ3v) is 13.0. The highest BCUT2D eigenvalue weighted by Gasteiger charge is 2.53. The molecule has 194 valence electrons. The Balaban J connectivity index is 1.77. The highest BCUT2D eigenvalue weighted by atomic mass is 28.3. The number of aromatic nitrogens is 2. The summed E-state index contributed by atoms with van der Waals surface area (Å²) in [7, 11) is -2.91. The molecule has 7 rings (SSSR count). The first-order valence-corrected chi connectivity index (χ1v) is 15.9. The zero-order valence-electron chi connectivity index (χ0n) is 22.6. The van der Waals surface area contributed by atoms with Crippen LogP contribution in [0, 0.1) is 0 Å². The molecule has 1 aliphatic rings. The highest BCUT2D eigenvalue weighted by molar-refractivity contribution is 7.29. The fraction of sp³-hybridized carbons (Fsp3) is 0. The summed E-state index contributed by atoms with van der Waals surface area (Å²) in [5, 5.41) is 5.47. The van der Waals surface area contributed by atoms with Crippen LogP contribution in [0.4, 0.5) is 0 Å². The van der Waals surface area contributed by atoms with Crippen molar-refractivity contribution in [1.29, 1.82) is 0 Å². The number of rotatable bonds is 6. The van der Waals surface area contributed by atoms with Gasteiger partial charge in [0.2, 0.25) is 0 Å². The quantitative estimate of drug-likeness (QED) is 0.206. The summed E-state index contributed by atoms with van der Waals surface area (Å²) in [4.78, 5) is 8.87. The summed E-state index contributed by atoms with van der Waals surface area (Å²) in [6.07, 6.45) is 7.69. The summed E-state index contributed by atoms with van der Waals surface area (Å²) < 4.78 is 0. The molecule has 0 radical (unpaired) electrons. The van der Waals surface area contributed by atoms with Crippen LogP contribution in [0.3, 0.4) is 0 Å². The third-order valence-electron chi connectivity index (χ3n) is 7.98. The van der Waals surface area contributed by atoms with Crippen LogP contribution in [-0.2, 0) is 0 Å². The Bertz CT molecular complexity index is 1690. The molecule has 0 fully saturated rings. The van der Waals surface area contributed by atoms with Gasteiger partial charge >= 0.3 is 0 Å². The standard InChI is InChI=1S/C38H28N2Si/c1-5-13-29(14-6-1)35-36(30-15-7-2-8-16-30)38(32-23-27-40-28-24-32)41(33-17-9-3-10-18-33,34-19-11-4-12-20-34)37(35)31-21-25-39-26-22-31/h1-28H. The van der Waals surface area contributed by atoms with Crippen molar-refractivity contribution in [1.82, 2.24) is 9.97 Å². The van der Waals surface area contributed by atoms with Crippen LogP contribution in [0.1, 0.15) is 22.3 Å². The molecule has 2 nitrogen and oxygen atoms in total. The van der Waals surface area contributed by atoms with Gasteiger partial charge in [-0.3, -0.25) is 9.97 Å². The summed E-state index contributed by atoms with van der Waals surface area (Å²) in [5.41, 5.74) is 7.41. The van der Waals surface area contributed by atoms with Gasteiger partial charge in [0.15, 0.2) is 8.07 Å². The number of hydrogen-bond acceptors (Lipinski definition) is 2. The highest BCUT2D eigenvalue weighted by Crippen LogP contribution is 2.55. The van der Waals surface area contributed by atoms with E-state index in [9.17, 15) is 0 Å². The molecule has 2 aromatic heterocycles. The van der Waals surface area contributed by atoms with Gasteiger partial charge in [0.1, 0.15) is 0 Å². The fourth-order valence-electron chi connectivity index (χ4n) is 6.42. The number of nitrogens with zero attached hydrogens (tertiary/aromatic N) is 2. The second-order valence-electron chi connectivity index (χ2n) is 10.2. The van der Waals surface area contributed by atoms with Gasteiger partial charge < -0.3 is 0 Å². The van der Waals surface area contributed by atoms with Crippen LogP contribution in [-0.4, -0.2) is 18.0 Å². The molecule has 0 bridgehead atoms. The lowest BCUT2D eigenvalue weighted by molar-refractivity contribution is 1.32. The molecule has 3 heteroatoms. The number of benzene rings is 4. The lowest BCUT2D eigenvalue weighted by Gasteiger charge is -2.36. The Kier molecular flexibility index (Phi) is 6.56. The normalized spacial score (nSPS) is 14.3.